The second-order valence-corrected chi connectivity index (χ2v) is 6.56. The average molecular weight is 382 g/mol. The van der Waals surface area contributed by atoms with Crippen molar-refractivity contribution in [1.29, 1.82) is 0 Å². The van der Waals surface area contributed by atoms with Crippen LogP contribution in [0.2, 0.25) is 0 Å². The van der Waals surface area contributed by atoms with Crippen LogP contribution >= 0.6 is 0 Å². The first kappa shape index (κ1) is 18.1. The summed E-state index contributed by atoms with van der Waals surface area (Å²) >= 11 is 0. The second kappa shape index (κ2) is 7.03. The van der Waals surface area contributed by atoms with Crippen molar-refractivity contribution in [3.63, 3.8) is 0 Å². The van der Waals surface area contributed by atoms with Gasteiger partial charge in [-0.2, -0.15) is 0 Å². The van der Waals surface area contributed by atoms with Crippen molar-refractivity contribution in [2.75, 3.05) is 11.9 Å². The monoisotopic (exact) mass is 382 g/mol. The van der Waals surface area contributed by atoms with Crippen LogP contribution < -0.4 is 5.32 Å². The molecule has 3 aromatic rings. The quantitative estimate of drug-likeness (QED) is 0.658. The summed E-state index contributed by atoms with van der Waals surface area (Å²) in [4.78, 5) is 14.0. The molecule has 142 valence electrons. The van der Waals surface area contributed by atoms with E-state index in [1.807, 2.05) is 0 Å². The van der Waals surface area contributed by atoms with Crippen LogP contribution in [0.1, 0.15) is 16.7 Å². The molecule has 6 heteroatoms. The van der Waals surface area contributed by atoms with Crippen molar-refractivity contribution < 1.29 is 18.0 Å². The van der Waals surface area contributed by atoms with E-state index in [1.54, 1.807) is 60.7 Å². The minimum atomic E-state index is -2.76. The Morgan fingerprint density at radius 1 is 0.893 bits per heavy atom. The summed E-state index contributed by atoms with van der Waals surface area (Å²) in [5.41, 5.74) is 0.612. The van der Waals surface area contributed by atoms with Gasteiger partial charge in [-0.05, 0) is 29.3 Å². The number of hydrogen-bond donors (Lipinski definition) is 1. The van der Waals surface area contributed by atoms with Crippen LogP contribution in [0.25, 0.3) is 0 Å². The first-order valence-corrected chi connectivity index (χ1v) is 8.81. The SMILES string of the molecule is O=C1Nc2ccc(F)cc2C(c2ccccc2)(c2ccccc2)N1CC(F)F. The van der Waals surface area contributed by atoms with E-state index in [1.165, 1.54) is 18.2 Å². The highest BCUT2D eigenvalue weighted by atomic mass is 19.3. The predicted octanol–water partition coefficient (Wildman–Crippen LogP) is 5.23. The largest absolute Gasteiger partial charge is 0.323 e. The van der Waals surface area contributed by atoms with Gasteiger partial charge in [0.2, 0.25) is 0 Å². The molecule has 0 fully saturated rings. The fourth-order valence-corrected chi connectivity index (χ4v) is 3.91. The number of carbonyl (C=O) groups excluding carboxylic acids is 1. The Kier molecular flexibility index (Phi) is 4.55. The van der Waals surface area contributed by atoms with Gasteiger partial charge in [0.15, 0.2) is 0 Å². The number of rotatable bonds is 4. The lowest BCUT2D eigenvalue weighted by Crippen LogP contribution is -2.57. The summed E-state index contributed by atoms with van der Waals surface area (Å²) in [6.07, 6.45) is -2.76. The Hall–Kier alpha value is -3.28. The van der Waals surface area contributed by atoms with E-state index in [-0.39, 0.29) is 0 Å². The molecule has 2 amide bonds. The molecular formula is C22H17F3N2O. The van der Waals surface area contributed by atoms with E-state index >= 15 is 0 Å². The summed E-state index contributed by atoms with van der Waals surface area (Å²) in [7, 11) is 0. The van der Waals surface area contributed by atoms with Crippen LogP contribution in [0.5, 0.6) is 0 Å². The molecule has 3 nitrogen and oxygen atoms in total. The van der Waals surface area contributed by atoms with Crippen LogP contribution in [-0.4, -0.2) is 23.9 Å². The first-order chi connectivity index (χ1) is 13.5. The number of nitrogens with zero attached hydrogens (tertiary/aromatic N) is 1. The van der Waals surface area contributed by atoms with Crippen molar-refractivity contribution in [2.24, 2.45) is 0 Å². The molecule has 0 radical (unpaired) electrons. The third-order valence-corrected chi connectivity index (χ3v) is 4.97. The number of benzene rings is 3. The minimum Gasteiger partial charge on any atom is -0.307 e. The van der Waals surface area contributed by atoms with E-state index in [2.05, 4.69) is 5.32 Å². The van der Waals surface area contributed by atoms with E-state index < -0.39 is 30.4 Å². The van der Waals surface area contributed by atoms with Crippen molar-refractivity contribution >= 4 is 11.7 Å². The Bertz CT molecular complexity index is 954. The average Bonchev–Trinajstić information content (AvgIpc) is 2.70. The van der Waals surface area contributed by atoms with Gasteiger partial charge in [0.05, 0.1) is 6.54 Å². The molecule has 0 atom stereocenters. The van der Waals surface area contributed by atoms with Gasteiger partial charge in [0.1, 0.15) is 11.4 Å². The number of carbonyl (C=O) groups is 1. The topological polar surface area (TPSA) is 32.3 Å². The predicted molar refractivity (Wildman–Crippen MR) is 101 cm³/mol. The molecule has 0 spiro atoms. The fourth-order valence-electron chi connectivity index (χ4n) is 3.91. The number of hydrogen-bond acceptors (Lipinski definition) is 1. The Balaban J connectivity index is 2.12. The molecule has 0 saturated carbocycles. The zero-order chi connectivity index (χ0) is 19.7. The summed E-state index contributed by atoms with van der Waals surface area (Å²) in [6.45, 7) is -0.800. The number of fused-ring (bicyclic) bond motifs is 1. The zero-order valence-corrected chi connectivity index (χ0v) is 14.8. The van der Waals surface area contributed by atoms with Crippen LogP contribution in [0.15, 0.2) is 78.9 Å². The molecule has 1 aliphatic heterocycles. The fraction of sp³-hybridized carbons (Fsp3) is 0.136. The lowest BCUT2D eigenvalue weighted by molar-refractivity contribution is 0.0713. The van der Waals surface area contributed by atoms with Crippen molar-refractivity contribution in [3.05, 3.63) is 101 Å². The molecule has 1 N–H and O–H groups in total. The highest BCUT2D eigenvalue weighted by Crippen LogP contribution is 2.48. The summed E-state index contributed by atoms with van der Waals surface area (Å²) in [5, 5.41) is 2.62. The van der Waals surface area contributed by atoms with Gasteiger partial charge >= 0.3 is 6.03 Å². The van der Waals surface area contributed by atoms with Gasteiger partial charge in [0.25, 0.3) is 6.43 Å². The van der Waals surface area contributed by atoms with Crippen molar-refractivity contribution in [2.45, 2.75) is 12.0 Å². The van der Waals surface area contributed by atoms with Crippen LogP contribution in [0.3, 0.4) is 0 Å². The highest BCUT2D eigenvalue weighted by Gasteiger charge is 2.50. The van der Waals surface area contributed by atoms with Gasteiger partial charge in [-0.15, -0.1) is 0 Å². The van der Waals surface area contributed by atoms with E-state index in [0.717, 1.165) is 4.90 Å². The number of anilines is 1. The normalized spacial score (nSPS) is 15.3. The molecule has 1 heterocycles. The summed E-state index contributed by atoms with van der Waals surface area (Å²) in [5.74, 6) is -0.511. The Morgan fingerprint density at radius 3 is 2.00 bits per heavy atom. The summed E-state index contributed by atoms with van der Waals surface area (Å²) < 4.78 is 41.3. The number of alkyl halides is 2. The van der Waals surface area contributed by atoms with Crippen LogP contribution in [0, 0.1) is 5.82 Å². The van der Waals surface area contributed by atoms with Gasteiger partial charge in [0, 0.05) is 11.3 Å². The van der Waals surface area contributed by atoms with E-state index in [4.69, 9.17) is 0 Å². The minimum absolute atomic E-state index is 0.393. The van der Waals surface area contributed by atoms with Gasteiger partial charge in [-0.3, -0.25) is 0 Å². The maximum atomic E-state index is 14.3. The molecule has 0 unspecified atom stereocenters. The Labute approximate surface area is 160 Å². The van der Waals surface area contributed by atoms with Crippen LogP contribution in [-0.2, 0) is 5.54 Å². The smallest absolute Gasteiger partial charge is 0.307 e. The third kappa shape index (κ3) is 2.81. The number of halogens is 3. The van der Waals surface area contributed by atoms with E-state index in [9.17, 15) is 18.0 Å². The number of urea groups is 1. The molecule has 4 rings (SSSR count). The van der Waals surface area contributed by atoms with E-state index in [0.29, 0.717) is 22.4 Å². The molecule has 0 bridgehead atoms. The zero-order valence-electron chi connectivity index (χ0n) is 14.8. The summed E-state index contributed by atoms with van der Waals surface area (Å²) in [6, 6.07) is 21.1. The second-order valence-electron chi connectivity index (χ2n) is 6.56. The standard InChI is InChI=1S/C22H17F3N2O/c23-17-11-12-19-18(13-17)22(15-7-3-1-4-8-15,16-9-5-2-6-10-16)27(14-20(24)25)21(28)26-19/h1-13,20H,14H2,(H,26,28). The van der Waals surface area contributed by atoms with Gasteiger partial charge in [-0.1, -0.05) is 60.7 Å². The molecule has 3 aromatic carbocycles. The molecule has 0 aliphatic carbocycles. The highest BCUT2D eigenvalue weighted by molar-refractivity contribution is 5.95. The molecule has 0 aromatic heterocycles. The maximum Gasteiger partial charge on any atom is 0.323 e. The molecule has 1 aliphatic rings. The third-order valence-electron chi connectivity index (χ3n) is 4.97. The molecule has 0 saturated heterocycles. The maximum absolute atomic E-state index is 14.3. The molecule has 28 heavy (non-hydrogen) atoms. The first-order valence-electron chi connectivity index (χ1n) is 8.81. The number of amides is 2. The van der Waals surface area contributed by atoms with Crippen molar-refractivity contribution in [1.82, 2.24) is 4.90 Å². The number of nitrogens with one attached hydrogen (secondary N) is 1. The lowest BCUT2D eigenvalue weighted by atomic mass is 9.74. The lowest BCUT2D eigenvalue weighted by Gasteiger charge is -2.48. The Morgan fingerprint density at radius 2 is 1.46 bits per heavy atom. The van der Waals surface area contributed by atoms with Gasteiger partial charge in [-0.25, -0.2) is 18.0 Å². The van der Waals surface area contributed by atoms with Crippen molar-refractivity contribution in [3.8, 4) is 0 Å². The van der Waals surface area contributed by atoms with Crippen LogP contribution in [0.4, 0.5) is 23.7 Å². The van der Waals surface area contributed by atoms with Gasteiger partial charge < -0.3 is 10.2 Å². The molecular weight excluding hydrogens is 365 g/mol.